The van der Waals surface area contributed by atoms with Crippen molar-refractivity contribution in [3.63, 3.8) is 0 Å². The molecule has 0 heterocycles. The van der Waals surface area contributed by atoms with Gasteiger partial charge in [0.05, 0.1) is 0 Å². The molecule has 6 heteroatoms. The predicted octanol–water partition coefficient (Wildman–Crippen LogP) is 4.05. The summed E-state index contributed by atoms with van der Waals surface area (Å²) >= 11 is 2.15. The lowest BCUT2D eigenvalue weighted by Crippen LogP contribution is -2.17. The van der Waals surface area contributed by atoms with Crippen LogP contribution in [0.25, 0.3) is 0 Å². The second-order valence-electron chi connectivity index (χ2n) is 3.14. The van der Waals surface area contributed by atoms with Crippen LogP contribution in [0.4, 0.5) is 13.2 Å². The summed E-state index contributed by atoms with van der Waals surface area (Å²) in [5, 5.41) is 0. The van der Waals surface area contributed by atoms with Gasteiger partial charge in [-0.15, -0.1) is 13.2 Å². The van der Waals surface area contributed by atoms with Crippen LogP contribution in [0.5, 0.6) is 5.75 Å². The predicted molar refractivity (Wildman–Crippen MR) is 70.3 cm³/mol. The highest BCUT2D eigenvalue weighted by Crippen LogP contribution is 2.25. The summed E-state index contributed by atoms with van der Waals surface area (Å²) in [5.41, 5.74) is 6.33. The highest BCUT2D eigenvalue weighted by atomic mass is 127. The van der Waals surface area contributed by atoms with Gasteiger partial charge in [-0.05, 0) is 29.0 Å². The highest BCUT2D eigenvalue weighted by molar-refractivity contribution is 14.1. The molecule has 0 bridgehead atoms. The second kappa shape index (κ2) is 7.75. The van der Waals surface area contributed by atoms with Crippen LogP contribution in [0.3, 0.4) is 0 Å². The molecule has 0 saturated heterocycles. The molecule has 1 aromatic carbocycles. The average molecular weight is 361 g/mol. The average Bonchev–Trinajstić information content (AvgIpc) is 2.29. The molecule has 98 valence electrons. The van der Waals surface area contributed by atoms with E-state index in [0.717, 1.165) is 0 Å². The van der Waals surface area contributed by atoms with E-state index in [4.69, 9.17) is 5.73 Å². The Balaban J connectivity index is 0.00000121. The molecule has 17 heavy (non-hydrogen) atoms. The Morgan fingerprint density at radius 2 is 1.94 bits per heavy atom. The van der Waals surface area contributed by atoms with Crippen molar-refractivity contribution in [1.82, 2.24) is 0 Å². The topological polar surface area (TPSA) is 35.2 Å². The summed E-state index contributed by atoms with van der Waals surface area (Å²) in [6.07, 6.45) is -4.00. The Hall–Kier alpha value is -0.500. The van der Waals surface area contributed by atoms with Gasteiger partial charge in [-0.25, -0.2) is 0 Å². The van der Waals surface area contributed by atoms with E-state index < -0.39 is 6.36 Å². The van der Waals surface area contributed by atoms with E-state index in [0.29, 0.717) is 12.0 Å². The van der Waals surface area contributed by atoms with Crippen LogP contribution in [0, 0.1) is 0 Å². The number of rotatable bonds is 3. The van der Waals surface area contributed by atoms with Gasteiger partial charge in [0.2, 0.25) is 0 Å². The molecule has 1 rings (SSSR count). The Labute approximate surface area is 112 Å². The first-order valence-corrected chi connectivity index (χ1v) is 7.07. The number of benzene rings is 1. The van der Waals surface area contributed by atoms with Crippen molar-refractivity contribution in [3.05, 3.63) is 29.8 Å². The minimum atomic E-state index is -4.66. The molecule has 2 nitrogen and oxygen atoms in total. The van der Waals surface area contributed by atoms with Crippen LogP contribution in [0.15, 0.2) is 24.3 Å². The summed E-state index contributed by atoms with van der Waals surface area (Å²) in [5.74, 6) is -0.232. The smallest absolute Gasteiger partial charge is 0.406 e. The fourth-order valence-electron chi connectivity index (χ4n) is 1.18. The van der Waals surface area contributed by atoms with Crippen molar-refractivity contribution >= 4 is 22.6 Å². The molecule has 0 aliphatic carbocycles. The number of nitrogens with two attached hydrogens (primary N) is 1. The van der Waals surface area contributed by atoms with E-state index in [1.165, 1.54) is 18.2 Å². The lowest BCUT2D eigenvalue weighted by molar-refractivity contribution is -0.274. The van der Waals surface area contributed by atoms with Gasteiger partial charge in [0.25, 0.3) is 0 Å². The molecule has 0 aromatic heterocycles. The van der Waals surface area contributed by atoms with Gasteiger partial charge < -0.3 is 10.5 Å². The Morgan fingerprint density at radius 3 is 2.41 bits per heavy atom. The third-order valence-corrected chi connectivity index (χ3v) is 1.96. The summed E-state index contributed by atoms with van der Waals surface area (Å²) < 4.78 is 39.5. The number of halogens is 4. The zero-order chi connectivity index (χ0) is 13.5. The lowest BCUT2D eigenvalue weighted by atomic mass is 10.1. The van der Waals surface area contributed by atoms with Crippen molar-refractivity contribution in [1.29, 1.82) is 0 Å². The maximum atomic E-state index is 11.9. The first-order chi connectivity index (χ1) is 7.92. The van der Waals surface area contributed by atoms with Crippen LogP contribution >= 0.6 is 22.6 Å². The van der Waals surface area contributed by atoms with E-state index >= 15 is 0 Å². The molecule has 0 fully saturated rings. The van der Waals surface area contributed by atoms with Crippen molar-refractivity contribution in [2.45, 2.75) is 25.7 Å². The van der Waals surface area contributed by atoms with E-state index in [9.17, 15) is 13.2 Å². The molecule has 0 radical (unpaired) electrons. The molecule has 0 unspecified atom stereocenters. The molecular weight excluding hydrogens is 346 g/mol. The van der Waals surface area contributed by atoms with E-state index in [1.54, 1.807) is 6.07 Å². The van der Waals surface area contributed by atoms with Crippen LogP contribution in [0.2, 0.25) is 0 Å². The molecule has 2 N–H and O–H groups in total. The standard InChI is InChI=1S/C10H12F3NO.CH3I/c1-2-9(14)7-4-3-5-8(6-7)15-10(11,12)13;1-2/h3-6,9H,2,14H2,1H3;1H3/t9-;/m0./s1. The maximum absolute atomic E-state index is 11.9. The zero-order valence-corrected chi connectivity index (χ0v) is 11.7. The van der Waals surface area contributed by atoms with Crippen LogP contribution in [-0.2, 0) is 0 Å². The number of ether oxygens (including phenoxy) is 1. The summed E-state index contributed by atoms with van der Waals surface area (Å²) in [6.45, 7) is 1.86. The molecule has 0 aliphatic rings. The Kier molecular flexibility index (Phi) is 7.53. The molecule has 0 aliphatic heterocycles. The van der Waals surface area contributed by atoms with Crippen LogP contribution < -0.4 is 10.5 Å². The molecule has 0 spiro atoms. The van der Waals surface area contributed by atoms with Gasteiger partial charge in [0.1, 0.15) is 5.75 Å². The van der Waals surface area contributed by atoms with Crippen molar-refractivity contribution in [2.75, 3.05) is 4.93 Å². The minimum Gasteiger partial charge on any atom is -0.406 e. The van der Waals surface area contributed by atoms with E-state index in [2.05, 4.69) is 27.3 Å². The Bertz CT molecular complexity index is 331. The highest BCUT2D eigenvalue weighted by Gasteiger charge is 2.31. The van der Waals surface area contributed by atoms with E-state index in [-0.39, 0.29) is 11.8 Å². The Morgan fingerprint density at radius 1 is 1.35 bits per heavy atom. The van der Waals surface area contributed by atoms with Gasteiger partial charge in [-0.2, -0.15) is 0 Å². The summed E-state index contributed by atoms with van der Waals surface area (Å²) in [7, 11) is 0. The van der Waals surface area contributed by atoms with Gasteiger partial charge in [-0.1, -0.05) is 41.6 Å². The van der Waals surface area contributed by atoms with Crippen molar-refractivity contribution < 1.29 is 17.9 Å². The first-order valence-electron chi connectivity index (χ1n) is 4.91. The largest absolute Gasteiger partial charge is 0.573 e. The fraction of sp³-hybridized carbons (Fsp3) is 0.455. The number of alkyl halides is 4. The van der Waals surface area contributed by atoms with Crippen molar-refractivity contribution in [2.24, 2.45) is 5.73 Å². The summed E-state index contributed by atoms with van der Waals surface area (Å²) in [6, 6.07) is 5.46. The second-order valence-corrected chi connectivity index (χ2v) is 3.14. The molecule has 1 aromatic rings. The van der Waals surface area contributed by atoms with Gasteiger partial charge >= 0.3 is 6.36 Å². The molecule has 0 amide bonds. The third kappa shape index (κ3) is 6.72. The molecule has 1 atom stereocenters. The van der Waals surface area contributed by atoms with Crippen LogP contribution in [-0.4, -0.2) is 11.3 Å². The summed E-state index contributed by atoms with van der Waals surface area (Å²) in [4.78, 5) is 1.97. The quantitative estimate of drug-likeness (QED) is 0.651. The van der Waals surface area contributed by atoms with E-state index in [1.807, 2.05) is 11.9 Å². The maximum Gasteiger partial charge on any atom is 0.573 e. The fourth-order valence-corrected chi connectivity index (χ4v) is 1.18. The molecule has 0 saturated carbocycles. The van der Waals surface area contributed by atoms with Gasteiger partial charge in [0, 0.05) is 6.04 Å². The number of hydrogen-bond acceptors (Lipinski definition) is 2. The minimum absolute atomic E-state index is 0.232. The monoisotopic (exact) mass is 361 g/mol. The van der Waals surface area contributed by atoms with Crippen LogP contribution in [0.1, 0.15) is 24.9 Å². The molecular formula is C11H15F3INO. The first kappa shape index (κ1) is 16.5. The lowest BCUT2D eigenvalue weighted by Gasteiger charge is -2.12. The van der Waals surface area contributed by atoms with Gasteiger partial charge in [0.15, 0.2) is 0 Å². The third-order valence-electron chi connectivity index (χ3n) is 1.96. The van der Waals surface area contributed by atoms with Gasteiger partial charge in [-0.3, -0.25) is 0 Å². The zero-order valence-electron chi connectivity index (χ0n) is 9.59. The normalized spacial score (nSPS) is 12.4. The van der Waals surface area contributed by atoms with Crippen molar-refractivity contribution in [3.8, 4) is 5.75 Å². The SMILES string of the molecule is CC[C@H](N)c1cccc(OC(F)(F)F)c1.CI. The number of hydrogen-bond donors (Lipinski definition) is 1.